The second kappa shape index (κ2) is 10.2. The number of benzene rings is 2. The highest BCUT2D eigenvalue weighted by Crippen LogP contribution is 2.29. The van der Waals surface area contributed by atoms with Crippen molar-refractivity contribution in [3.63, 3.8) is 0 Å². The van der Waals surface area contributed by atoms with Crippen LogP contribution in [0.4, 0.5) is 8.78 Å². The van der Waals surface area contributed by atoms with Gasteiger partial charge in [-0.15, -0.1) is 0 Å². The van der Waals surface area contributed by atoms with Gasteiger partial charge in [0.2, 0.25) is 5.91 Å². The highest BCUT2D eigenvalue weighted by molar-refractivity contribution is 5.97. The zero-order chi connectivity index (χ0) is 23.2. The molecule has 0 aliphatic rings. The summed E-state index contributed by atoms with van der Waals surface area (Å²) in [4.78, 5) is 24.8. The summed E-state index contributed by atoms with van der Waals surface area (Å²) >= 11 is 0. The highest BCUT2D eigenvalue weighted by atomic mass is 19.3. The fourth-order valence-corrected chi connectivity index (χ4v) is 2.82. The number of carbonyl (C=O) groups excluding carboxylic acids is 2. The Balaban J connectivity index is 1.93. The van der Waals surface area contributed by atoms with Gasteiger partial charge in [-0.2, -0.15) is 8.78 Å². The molecule has 2 rings (SSSR count). The number of rotatable bonds is 8. The van der Waals surface area contributed by atoms with Crippen molar-refractivity contribution in [2.24, 2.45) is 0 Å². The molecular formula is C23H28F2N2O4. The van der Waals surface area contributed by atoms with Crippen LogP contribution in [0.2, 0.25) is 0 Å². The Hall–Kier alpha value is -3.16. The van der Waals surface area contributed by atoms with E-state index in [0.717, 1.165) is 5.56 Å². The van der Waals surface area contributed by atoms with Crippen molar-refractivity contribution >= 4 is 11.8 Å². The first-order chi connectivity index (χ1) is 14.5. The van der Waals surface area contributed by atoms with Crippen LogP contribution in [0.25, 0.3) is 0 Å². The molecule has 31 heavy (non-hydrogen) atoms. The van der Waals surface area contributed by atoms with Gasteiger partial charge in [-0.25, -0.2) is 0 Å². The molecule has 0 saturated carbocycles. The lowest BCUT2D eigenvalue weighted by Crippen LogP contribution is -2.44. The molecule has 8 heteroatoms. The fraction of sp³-hybridized carbons (Fsp3) is 0.391. The molecule has 0 heterocycles. The molecule has 0 aliphatic carbocycles. The van der Waals surface area contributed by atoms with Crippen LogP contribution in [0.15, 0.2) is 42.5 Å². The van der Waals surface area contributed by atoms with E-state index < -0.39 is 12.7 Å². The predicted molar refractivity (Wildman–Crippen MR) is 114 cm³/mol. The molecule has 0 radical (unpaired) electrons. The van der Waals surface area contributed by atoms with Crippen LogP contribution in [0.5, 0.6) is 11.5 Å². The smallest absolute Gasteiger partial charge is 0.387 e. The van der Waals surface area contributed by atoms with Crippen LogP contribution in [0.3, 0.4) is 0 Å². The Morgan fingerprint density at radius 2 is 1.68 bits per heavy atom. The first-order valence-electron chi connectivity index (χ1n) is 9.82. The zero-order valence-electron chi connectivity index (χ0n) is 18.3. The minimum absolute atomic E-state index is 0.0192. The summed E-state index contributed by atoms with van der Waals surface area (Å²) < 4.78 is 34.2. The van der Waals surface area contributed by atoms with Crippen molar-refractivity contribution in [1.82, 2.24) is 10.6 Å². The van der Waals surface area contributed by atoms with Gasteiger partial charge in [0.25, 0.3) is 5.91 Å². The molecule has 0 fully saturated rings. The number of halogens is 2. The van der Waals surface area contributed by atoms with Crippen LogP contribution >= 0.6 is 0 Å². The number of hydrogen-bond donors (Lipinski definition) is 2. The van der Waals surface area contributed by atoms with Gasteiger partial charge in [0.15, 0.2) is 11.5 Å². The van der Waals surface area contributed by atoms with E-state index in [9.17, 15) is 18.4 Å². The molecule has 0 aromatic heterocycles. The van der Waals surface area contributed by atoms with E-state index >= 15 is 0 Å². The van der Waals surface area contributed by atoms with Crippen molar-refractivity contribution in [1.29, 1.82) is 0 Å². The van der Waals surface area contributed by atoms with Crippen LogP contribution in [-0.4, -0.2) is 31.6 Å². The molecule has 0 bridgehead atoms. The molecule has 1 atom stereocenters. The number of nitrogens with one attached hydrogen (secondary N) is 2. The minimum Gasteiger partial charge on any atom is -0.493 e. The normalized spacial score (nSPS) is 12.3. The van der Waals surface area contributed by atoms with Gasteiger partial charge < -0.3 is 20.1 Å². The Bertz CT molecular complexity index is 909. The monoisotopic (exact) mass is 434 g/mol. The van der Waals surface area contributed by atoms with Crippen LogP contribution in [0, 0.1) is 0 Å². The van der Waals surface area contributed by atoms with E-state index in [1.54, 1.807) is 25.1 Å². The highest BCUT2D eigenvalue weighted by Gasteiger charge is 2.18. The van der Waals surface area contributed by atoms with Gasteiger partial charge in [-0.3, -0.25) is 9.59 Å². The lowest BCUT2D eigenvalue weighted by atomic mass is 9.86. The summed E-state index contributed by atoms with van der Waals surface area (Å²) in [5.41, 5.74) is 2.18. The molecule has 168 valence electrons. The molecule has 2 aromatic rings. The Morgan fingerprint density at radius 3 is 2.23 bits per heavy atom. The van der Waals surface area contributed by atoms with E-state index in [1.165, 1.54) is 19.2 Å². The van der Waals surface area contributed by atoms with E-state index in [4.69, 9.17) is 4.74 Å². The number of hydrogen-bond acceptors (Lipinski definition) is 4. The summed E-state index contributed by atoms with van der Waals surface area (Å²) in [7, 11) is 1.33. The van der Waals surface area contributed by atoms with Crippen molar-refractivity contribution in [3.8, 4) is 11.5 Å². The number of alkyl halides is 2. The third-order valence-electron chi connectivity index (χ3n) is 4.66. The SMILES string of the molecule is COc1cc(CNC(=O)[C@@H](C)NC(=O)c2ccc(C(C)(C)C)cc2)ccc1OC(F)F. The molecule has 0 spiro atoms. The maximum absolute atomic E-state index is 12.4. The Morgan fingerprint density at radius 1 is 1.03 bits per heavy atom. The van der Waals surface area contributed by atoms with Crippen LogP contribution in [-0.2, 0) is 16.8 Å². The lowest BCUT2D eigenvalue weighted by molar-refractivity contribution is -0.122. The molecule has 2 amide bonds. The number of ether oxygens (including phenoxy) is 2. The van der Waals surface area contributed by atoms with Gasteiger partial charge in [0, 0.05) is 12.1 Å². The second-order valence-corrected chi connectivity index (χ2v) is 8.10. The Kier molecular flexibility index (Phi) is 7.96. The largest absolute Gasteiger partial charge is 0.493 e. The van der Waals surface area contributed by atoms with Crippen molar-refractivity contribution in [2.75, 3.05) is 7.11 Å². The third kappa shape index (κ3) is 6.94. The molecule has 6 nitrogen and oxygen atoms in total. The van der Waals surface area contributed by atoms with Crippen molar-refractivity contribution in [2.45, 2.75) is 52.3 Å². The first kappa shape index (κ1) is 24.1. The quantitative estimate of drug-likeness (QED) is 0.658. The lowest BCUT2D eigenvalue weighted by Gasteiger charge is -2.19. The van der Waals surface area contributed by atoms with Crippen molar-refractivity contribution < 1.29 is 27.8 Å². The van der Waals surface area contributed by atoms with Gasteiger partial charge >= 0.3 is 6.61 Å². The summed E-state index contributed by atoms with van der Waals surface area (Å²) in [6.45, 7) is 5.01. The summed E-state index contributed by atoms with van der Waals surface area (Å²) in [5, 5.41) is 5.36. The minimum atomic E-state index is -2.96. The average Bonchev–Trinajstić information content (AvgIpc) is 2.71. The van der Waals surface area contributed by atoms with Crippen molar-refractivity contribution in [3.05, 3.63) is 59.2 Å². The fourth-order valence-electron chi connectivity index (χ4n) is 2.82. The maximum Gasteiger partial charge on any atom is 0.387 e. The van der Waals surface area contributed by atoms with E-state index in [-0.39, 0.29) is 35.3 Å². The van der Waals surface area contributed by atoms with Gasteiger partial charge in [-0.1, -0.05) is 39.0 Å². The Labute approximate surface area is 180 Å². The topological polar surface area (TPSA) is 76.7 Å². The standard InChI is InChI=1S/C23H28F2N2O4/c1-14(27-21(29)16-7-9-17(10-8-16)23(2,3)4)20(28)26-13-15-6-11-18(31-22(24)25)19(12-15)30-5/h6-12,14,22H,13H2,1-5H3,(H,26,28)(H,27,29)/t14-/m1/s1. The van der Waals surface area contributed by atoms with E-state index in [0.29, 0.717) is 11.1 Å². The van der Waals surface area contributed by atoms with Crippen LogP contribution < -0.4 is 20.1 Å². The first-order valence-corrected chi connectivity index (χ1v) is 9.82. The number of methoxy groups -OCH3 is 1. The summed E-state index contributed by atoms with van der Waals surface area (Å²) in [6, 6.07) is 10.9. The number of carbonyl (C=O) groups is 2. The van der Waals surface area contributed by atoms with E-state index in [1.807, 2.05) is 12.1 Å². The molecule has 0 aliphatic heterocycles. The van der Waals surface area contributed by atoms with Gasteiger partial charge in [-0.05, 0) is 47.7 Å². The second-order valence-electron chi connectivity index (χ2n) is 8.10. The molecular weight excluding hydrogens is 406 g/mol. The maximum atomic E-state index is 12.4. The van der Waals surface area contributed by atoms with Gasteiger partial charge in [0.1, 0.15) is 6.04 Å². The predicted octanol–water partition coefficient (Wildman–Crippen LogP) is 4.03. The summed E-state index contributed by atoms with van der Waals surface area (Å²) in [5.74, 6) is -0.692. The van der Waals surface area contributed by atoms with Crippen LogP contribution in [0.1, 0.15) is 49.2 Å². The molecule has 2 aromatic carbocycles. The molecule has 0 unspecified atom stereocenters. The zero-order valence-corrected chi connectivity index (χ0v) is 18.3. The van der Waals surface area contributed by atoms with Gasteiger partial charge in [0.05, 0.1) is 7.11 Å². The third-order valence-corrected chi connectivity index (χ3v) is 4.66. The average molecular weight is 434 g/mol. The number of amides is 2. The molecule has 2 N–H and O–H groups in total. The van der Waals surface area contributed by atoms with E-state index in [2.05, 4.69) is 36.1 Å². The molecule has 0 saturated heterocycles. The summed E-state index contributed by atoms with van der Waals surface area (Å²) in [6.07, 6.45) is 0.